The van der Waals surface area contributed by atoms with Crippen molar-refractivity contribution in [2.24, 2.45) is 0 Å². The fraction of sp³-hybridized carbons (Fsp3) is 0.538. The predicted molar refractivity (Wildman–Crippen MR) is 73.6 cm³/mol. The maximum absolute atomic E-state index is 12.1. The second-order valence-electron chi connectivity index (χ2n) is 5.38. The first kappa shape index (κ1) is 15.6. The number of carboxylic acid groups (broad SMARTS) is 1. The second kappa shape index (κ2) is 5.51. The minimum absolute atomic E-state index is 0.0822. The summed E-state index contributed by atoms with van der Waals surface area (Å²) in [4.78, 5) is 23.4. The van der Waals surface area contributed by atoms with Gasteiger partial charge in [-0.1, -0.05) is 12.8 Å². The smallest absolute Gasteiger partial charge is 0.329 e. The lowest BCUT2D eigenvalue weighted by Crippen LogP contribution is -2.52. The molecule has 7 nitrogen and oxygen atoms in total. The van der Waals surface area contributed by atoms with E-state index in [4.69, 9.17) is 4.42 Å². The third-order valence-corrected chi connectivity index (χ3v) is 4.32. The zero-order chi connectivity index (χ0) is 15.7. The van der Waals surface area contributed by atoms with E-state index in [1.54, 1.807) is 0 Å². The summed E-state index contributed by atoms with van der Waals surface area (Å²) < 4.78 is 27.5. The molecule has 0 unspecified atom stereocenters. The zero-order valence-corrected chi connectivity index (χ0v) is 12.4. The Labute approximate surface area is 122 Å². The third kappa shape index (κ3) is 3.63. The average molecular weight is 315 g/mol. The summed E-state index contributed by atoms with van der Waals surface area (Å²) in [5, 5.41) is 11.8. The van der Waals surface area contributed by atoms with Crippen LogP contribution in [0.1, 0.15) is 42.0 Å². The molecule has 0 aliphatic heterocycles. The van der Waals surface area contributed by atoms with Crippen LogP contribution in [0.2, 0.25) is 0 Å². The molecule has 1 saturated carbocycles. The Balaban J connectivity index is 2.12. The van der Waals surface area contributed by atoms with Crippen LogP contribution in [0, 0.1) is 0 Å². The molecule has 1 aromatic rings. The number of aliphatic carboxylic acids is 1. The van der Waals surface area contributed by atoms with Crippen LogP contribution in [-0.4, -0.2) is 37.2 Å². The summed E-state index contributed by atoms with van der Waals surface area (Å²) >= 11 is 0. The van der Waals surface area contributed by atoms with E-state index in [0.717, 1.165) is 19.1 Å². The van der Waals surface area contributed by atoms with Gasteiger partial charge in [0.1, 0.15) is 17.1 Å². The van der Waals surface area contributed by atoms with Crippen molar-refractivity contribution in [1.29, 1.82) is 0 Å². The molecule has 1 amide bonds. The molecule has 21 heavy (non-hydrogen) atoms. The number of sulfone groups is 1. The summed E-state index contributed by atoms with van der Waals surface area (Å²) in [6, 6.07) is 2.75. The minimum Gasteiger partial charge on any atom is -0.480 e. The largest absolute Gasteiger partial charge is 0.480 e. The maximum atomic E-state index is 12.1. The zero-order valence-electron chi connectivity index (χ0n) is 11.6. The van der Waals surface area contributed by atoms with Crippen molar-refractivity contribution in [2.75, 3.05) is 6.26 Å². The van der Waals surface area contributed by atoms with Crippen LogP contribution < -0.4 is 5.32 Å². The Morgan fingerprint density at radius 2 is 1.95 bits per heavy atom. The first-order chi connectivity index (χ1) is 9.72. The van der Waals surface area contributed by atoms with Crippen LogP contribution >= 0.6 is 0 Å². The molecular weight excluding hydrogens is 298 g/mol. The maximum Gasteiger partial charge on any atom is 0.329 e. The molecule has 1 heterocycles. The lowest BCUT2D eigenvalue weighted by atomic mass is 9.98. The number of nitrogens with one attached hydrogen (secondary N) is 1. The van der Waals surface area contributed by atoms with Crippen molar-refractivity contribution in [1.82, 2.24) is 5.32 Å². The average Bonchev–Trinajstić information content (AvgIpc) is 2.96. The van der Waals surface area contributed by atoms with E-state index in [1.165, 1.54) is 12.1 Å². The first-order valence-electron chi connectivity index (χ1n) is 6.54. The summed E-state index contributed by atoms with van der Waals surface area (Å²) in [5.74, 6) is -1.93. The van der Waals surface area contributed by atoms with Gasteiger partial charge in [0, 0.05) is 6.26 Å². The molecule has 0 saturated heterocycles. The van der Waals surface area contributed by atoms with Crippen LogP contribution in [-0.2, 0) is 20.4 Å². The van der Waals surface area contributed by atoms with E-state index in [9.17, 15) is 23.1 Å². The Kier molecular flexibility index (Phi) is 4.08. The van der Waals surface area contributed by atoms with Gasteiger partial charge in [-0.15, -0.1) is 0 Å². The van der Waals surface area contributed by atoms with Gasteiger partial charge in [-0.3, -0.25) is 4.79 Å². The van der Waals surface area contributed by atoms with Gasteiger partial charge in [-0.2, -0.15) is 0 Å². The van der Waals surface area contributed by atoms with Crippen LogP contribution in [0.15, 0.2) is 16.5 Å². The van der Waals surface area contributed by atoms with Crippen molar-refractivity contribution < 1.29 is 27.5 Å². The minimum atomic E-state index is -3.26. The Bertz CT molecular complexity index is 654. The molecule has 116 valence electrons. The summed E-state index contributed by atoms with van der Waals surface area (Å²) in [5.41, 5.74) is -1.25. The van der Waals surface area contributed by atoms with Crippen LogP contribution in [0.25, 0.3) is 0 Å². The topological polar surface area (TPSA) is 114 Å². The molecular formula is C13H17NO6S. The van der Waals surface area contributed by atoms with Crippen molar-refractivity contribution >= 4 is 21.7 Å². The standard InChI is InChI=1S/C13H17NO6S/c1-21(18,19)8-9-4-5-10(20-9)11(15)14-13(12(16)17)6-2-3-7-13/h4-5H,2-3,6-8H2,1H3,(H,14,15)(H,16,17). The van der Waals surface area contributed by atoms with E-state index >= 15 is 0 Å². The van der Waals surface area contributed by atoms with Gasteiger partial charge in [-0.25, -0.2) is 13.2 Å². The number of rotatable bonds is 5. The summed E-state index contributed by atoms with van der Waals surface area (Å²) in [7, 11) is -3.26. The molecule has 2 N–H and O–H groups in total. The van der Waals surface area contributed by atoms with Gasteiger partial charge in [0.25, 0.3) is 5.91 Å². The van der Waals surface area contributed by atoms with Crippen molar-refractivity contribution in [2.45, 2.75) is 37.0 Å². The Morgan fingerprint density at radius 1 is 1.33 bits per heavy atom. The lowest BCUT2D eigenvalue weighted by molar-refractivity contribution is -0.144. The molecule has 1 fully saturated rings. The molecule has 0 aromatic carbocycles. The fourth-order valence-corrected chi connectivity index (χ4v) is 3.16. The van der Waals surface area contributed by atoms with E-state index in [-0.39, 0.29) is 17.3 Å². The molecule has 2 rings (SSSR count). The molecule has 0 atom stereocenters. The number of carbonyl (C=O) groups is 2. The number of hydrogen-bond donors (Lipinski definition) is 2. The van der Waals surface area contributed by atoms with Gasteiger partial charge in [0.2, 0.25) is 0 Å². The van der Waals surface area contributed by atoms with Crippen molar-refractivity contribution in [3.8, 4) is 0 Å². The van der Waals surface area contributed by atoms with Crippen LogP contribution in [0.4, 0.5) is 0 Å². The SMILES string of the molecule is CS(=O)(=O)Cc1ccc(C(=O)NC2(C(=O)O)CCCC2)o1. The first-order valence-corrected chi connectivity index (χ1v) is 8.60. The number of carbonyl (C=O) groups excluding carboxylic acids is 1. The highest BCUT2D eigenvalue weighted by Crippen LogP contribution is 2.30. The molecule has 1 aliphatic carbocycles. The van der Waals surface area contributed by atoms with Gasteiger partial charge in [-0.05, 0) is 25.0 Å². The second-order valence-corrected chi connectivity index (χ2v) is 7.52. The fourth-order valence-electron chi connectivity index (χ4n) is 2.49. The Morgan fingerprint density at radius 3 is 2.48 bits per heavy atom. The molecule has 0 bridgehead atoms. The van der Waals surface area contributed by atoms with Gasteiger partial charge in [0.05, 0.1) is 0 Å². The number of carboxylic acids is 1. The van der Waals surface area contributed by atoms with Gasteiger partial charge >= 0.3 is 5.97 Å². The monoisotopic (exact) mass is 315 g/mol. The van der Waals surface area contributed by atoms with E-state index in [0.29, 0.717) is 12.8 Å². The highest BCUT2D eigenvalue weighted by Gasteiger charge is 2.43. The Hall–Kier alpha value is -1.83. The highest BCUT2D eigenvalue weighted by molar-refractivity contribution is 7.89. The molecule has 8 heteroatoms. The molecule has 0 radical (unpaired) electrons. The van der Waals surface area contributed by atoms with Gasteiger partial charge in [0.15, 0.2) is 15.6 Å². The van der Waals surface area contributed by atoms with Crippen molar-refractivity contribution in [3.05, 3.63) is 23.7 Å². The molecule has 1 aliphatic rings. The van der Waals surface area contributed by atoms with Crippen LogP contribution in [0.3, 0.4) is 0 Å². The normalized spacial score (nSPS) is 17.6. The number of amides is 1. The number of furan rings is 1. The third-order valence-electron chi connectivity index (χ3n) is 3.51. The van der Waals surface area contributed by atoms with E-state index < -0.39 is 27.3 Å². The predicted octanol–water partition coefficient (Wildman–Crippen LogP) is 0.951. The summed E-state index contributed by atoms with van der Waals surface area (Å²) in [6.45, 7) is 0. The molecule has 0 spiro atoms. The summed E-state index contributed by atoms with van der Waals surface area (Å²) in [6.07, 6.45) is 3.30. The van der Waals surface area contributed by atoms with Gasteiger partial charge < -0.3 is 14.8 Å². The number of hydrogen-bond acceptors (Lipinski definition) is 5. The van der Waals surface area contributed by atoms with E-state index in [2.05, 4.69) is 5.32 Å². The lowest BCUT2D eigenvalue weighted by Gasteiger charge is -2.24. The quantitative estimate of drug-likeness (QED) is 0.836. The van der Waals surface area contributed by atoms with E-state index in [1.807, 2.05) is 0 Å². The van der Waals surface area contributed by atoms with Crippen molar-refractivity contribution in [3.63, 3.8) is 0 Å². The van der Waals surface area contributed by atoms with Crippen LogP contribution in [0.5, 0.6) is 0 Å². The highest BCUT2D eigenvalue weighted by atomic mass is 32.2. The molecule has 1 aromatic heterocycles.